The summed E-state index contributed by atoms with van der Waals surface area (Å²) in [5.41, 5.74) is 4.35. The van der Waals surface area contributed by atoms with E-state index >= 15 is 0 Å². The minimum absolute atomic E-state index is 0.176. The van der Waals surface area contributed by atoms with Gasteiger partial charge >= 0.3 is 5.97 Å². The van der Waals surface area contributed by atoms with Crippen LogP contribution in [0.15, 0.2) is 60.7 Å². The van der Waals surface area contributed by atoms with Gasteiger partial charge in [0.25, 0.3) is 0 Å². The molecule has 1 aliphatic rings. The molecule has 2 heterocycles. The van der Waals surface area contributed by atoms with Crippen molar-refractivity contribution in [2.24, 2.45) is 0 Å². The van der Waals surface area contributed by atoms with Gasteiger partial charge in [0, 0.05) is 27.6 Å². The number of hydrogen-bond donors (Lipinski definition) is 2. The Bertz CT molecular complexity index is 1250. The van der Waals surface area contributed by atoms with Crippen LogP contribution in [0.4, 0.5) is 0 Å². The first-order valence-corrected chi connectivity index (χ1v) is 9.50. The highest BCUT2D eigenvalue weighted by Gasteiger charge is 2.22. The highest BCUT2D eigenvalue weighted by molar-refractivity contribution is 6.31. The van der Waals surface area contributed by atoms with Gasteiger partial charge in [-0.1, -0.05) is 54.1 Å². The summed E-state index contributed by atoms with van der Waals surface area (Å²) in [6.45, 7) is 0.183. The molecule has 5 nitrogen and oxygen atoms in total. The number of aromatic amines is 1. The lowest BCUT2D eigenvalue weighted by molar-refractivity contribution is 0.0692. The third-order valence-corrected chi connectivity index (χ3v) is 5.46. The first-order chi connectivity index (χ1) is 14.1. The van der Waals surface area contributed by atoms with Crippen LogP contribution in [0.1, 0.15) is 21.6 Å². The number of halogens is 1. The Morgan fingerprint density at radius 1 is 1.00 bits per heavy atom. The van der Waals surface area contributed by atoms with Crippen molar-refractivity contribution in [3.8, 4) is 22.6 Å². The van der Waals surface area contributed by atoms with Crippen molar-refractivity contribution >= 4 is 28.5 Å². The Labute approximate surface area is 171 Å². The van der Waals surface area contributed by atoms with Gasteiger partial charge in [0.15, 0.2) is 11.5 Å². The molecule has 29 heavy (non-hydrogen) atoms. The fourth-order valence-corrected chi connectivity index (χ4v) is 4.04. The minimum Gasteiger partial charge on any atom is -0.477 e. The number of aromatic nitrogens is 1. The molecule has 5 rings (SSSR count). The van der Waals surface area contributed by atoms with Crippen LogP contribution in [0.2, 0.25) is 5.02 Å². The molecule has 2 N–H and O–H groups in total. The quantitative estimate of drug-likeness (QED) is 0.470. The van der Waals surface area contributed by atoms with Crippen molar-refractivity contribution in [2.75, 3.05) is 6.79 Å². The number of hydrogen-bond acceptors (Lipinski definition) is 3. The van der Waals surface area contributed by atoms with Crippen LogP contribution in [0, 0.1) is 0 Å². The van der Waals surface area contributed by atoms with E-state index in [1.807, 2.05) is 54.6 Å². The second kappa shape index (κ2) is 6.87. The molecule has 0 saturated carbocycles. The van der Waals surface area contributed by atoms with E-state index in [2.05, 4.69) is 4.98 Å². The second-order valence-corrected chi connectivity index (χ2v) is 7.27. The first kappa shape index (κ1) is 17.6. The third-order valence-electron chi connectivity index (χ3n) is 5.11. The molecule has 0 unspecified atom stereocenters. The maximum absolute atomic E-state index is 11.9. The molecular weight excluding hydrogens is 390 g/mol. The van der Waals surface area contributed by atoms with Crippen molar-refractivity contribution in [3.05, 3.63) is 82.5 Å². The van der Waals surface area contributed by atoms with Gasteiger partial charge in [-0.25, -0.2) is 4.79 Å². The molecule has 144 valence electrons. The highest BCUT2D eigenvalue weighted by Crippen LogP contribution is 2.40. The number of ether oxygens (including phenoxy) is 2. The van der Waals surface area contributed by atoms with E-state index in [4.69, 9.17) is 21.1 Å². The summed E-state index contributed by atoms with van der Waals surface area (Å²) in [6, 6.07) is 19.0. The van der Waals surface area contributed by atoms with E-state index < -0.39 is 5.97 Å². The molecule has 0 aliphatic carbocycles. The zero-order valence-electron chi connectivity index (χ0n) is 15.2. The lowest BCUT2D eigenvalue weighted by Gasteiger charge is -2.10. The second-order valence-electron chi connectivity index (χ2n) is 6.86. The molecule has 0 amide bonds. The van der Waals surface area contributed by atoms with E-state index in [0.29, 0.717) is 28.5 Å². The van der Waals surface area contributed by atoms with Gasteiger partial charge in [0.1, 0.15) is 5.69 Å². The van der Waals surface area contributed by atoms with Crippen LogP contribution in [-0.2, 0) is 6.42 Å². The highest BCUT2D eigenvalue weighted by atomic mass is 35.5. The van der Waals surface area contributed by atoms with Crippen molar-refractivity contribution < 1.29 is 19.4 Å². The minimum atomic E-state index is -0.993. The third kappa shape index (κ3) is 3.00. The van der Waals surface area contributed by atoms with Gasteiger partial charge in [-0.3, -0.25) is 0 Å². The molecule has 0 bridgehead atoms. The molecule has 0 atom stereocenters. The van der Waals surface area contributed by atoms with Gasteiger partial charge in [0.05, 0.1) is 0 Å². The van der Waals surface area contributed by atoms with Gasteiger partial charge in [-0.2, -0.15) is 0 Å². The zero-order chi connectivity index (χ0) is 20.0. The summed E-state index contributed by atoms with van der Waals surface area (Å²) in [5, 5.41) is 11.2. The van der Waals surface area contributed by atoms with Crippen LogP contribution < -0.4 is 9.47 Å². The van der Waals surface area contributed by atoms with Crippen molar-refractivity contribution in [1.29, 1.82) is 0 Å². The number of carbonyl (C=O) groups is 1. The van der Waals surface area contributed by atoms with Gasteiger partial charge in [0.2, 0.25) is 6.79 Å². The molecule has 4 aromatic rings. The van der Waals surface area contributed by atoms with E-state index in [0.717, 1.165) is 27.6 Å². The summed E-state index contributed by atoms with van der Waals surface area (Å²) in [5.74, 6) is 0.309. The molecule has 3 aromatic carbocycles. The van der Waals surface area contributed by atoms with Crippen LogP contribution in [0.3, 0.4) is 0 Å². The molecule has 1 aliphatic heterocycles. The number of aromatic carboxylic acids is 1. The summed E-state index contributed by atoms with van der Waals surface area (Å²) in [4.78, 5) is 15.0. The largest absolute Gasteiger partial charge is 0.477 e. The predicted molar refractivity (Wildman–Crippen MR) is 111 cm³/mol. The lowest BCUT2D eigenvalue weighted by Crippen LogP contribution is -1.99. The van der Waals surface area contributed by atoms with E-state index in [1.54, 1.807) is 6.07 Å². The molecule has 0 fully saturated rings. The van der Waals surface area contributed by atoms with E-state index in [1.165, 1.54) is 0 Å². The van der Waals surface area contributed by atoms with Crippen LogP contribution in [0.5, 0.6) is 11.5 Å². The SMILES string of the molecule is O=C(O)c1[nH]c2cccc(Cc3cc4c(cc3Cl)OCO4)c2c1-c1ccccc1. The van der Waals surface area contributed by atoms with E-state index in [-0.39, 0.29) is 12.5 Å². The number of nitrogens with one attached hydrogen (secondary N) is 1. The van der Waals surface area contributed by atoms with Crippen molar-refractivity contribution in [2.45, 2.75) is 6.42 Å². The Kier molecular flexibility index (Phi) is 4.18. The van der Waals surface area contributed by atoms with Crippen LogP contribution in [-0.4, -0.2) is 22.9 Å². The predicted octanol–water partition coefficient (Wildman–Crippen LogP) is 5.51. The normalized spacial score (nSPS) is 12.4. The smallest absolute Gasteiger partial charge is 0.352 e. The van der Waals surface area contributed by atoms with Crippen molar-refractivity contribution in [1.82, 2.24) is 4.98 Å². The fraction of sp³-hybridized carbons (Fsp3) is 0.0870. The molecule has 0 radical (unpaired) electrons. The number of carboxylic acid groups (broad SMARTS) is 1. The Balaban J connectivity index is 1.70. The standard InChI is InChI=1S/C23H16ClNO4/c24-16-11-19-18(28-12-29-19)10-15(16)9-14-7-4-8-17-20(14)21(22(25-17)23(26)27)13-5-2-1-3-6-13/h1-8,10-11,25H,9,12H2,(H,26,27). The van der Waals surface area contributed by atoms with E-state index in [9.17, 15) is 9.90 Å². The average molecular weight is 406 g/mol. The Morgan fingerprint density at radius 3 is 2.52 bits per heavy atom. The van der Waals surface area contributed by atoms with Gasteiger partial charge in [-0.15, -0.1) is 0 Å². The Morgan fingerprint density at radius 2 is 1.76 bits per heavy atom. The monoisotopic (exact) mass is 405 g/mol. The number of H-pyrrole nitrogens is 1. The Hall–Kier alpha value is -3.44. The first-order valence-electron chi connectivity index (χ1n) is 9.12. The number of fused-ring (bicyclic) bond motifs is 2. The maximum atomic E-state index is 11.9. The molecule has 6 heteroatoms. The maximum Gasteiger partial charge on any atom is 0.352 e. The summed E-state index contributed by atoms with van der Waals surface area (Å²) < 4.78 is 10.9. The average Bonchev–Trinajstić information content (AvgIpc) is 3.33. The summed E-state index contributed by atoms with van der Waals surface area (Å²) >= 11 is 6.48. The number of carboxylic acids is 1. The topological polar surface area (TPSA) is 71.5 Å². The van der Waals surface area contributed by atoms with Gasteiger partial charge in [-0.05, 0) is 35.2 Å². The van der Waals surface area contributed by atoms with Crippen molar-refractivity contribution in [3.63, 3.8) is 0 Å². The zero-order valence-corrected chi connectivity index (χ0v) is 16.0. The molecular formula is C23H16ClNO4. The summed E-state index contributed by atoms with van der Waals surface area (Å²) in [7, 11) is 0. The molecule has 1 aromatic heterocycles. The number of benzene rings is 3. The molecule has 0 saturated heterocycles. The van der Waals surface area contributed by atoms with Crippen LogP contribution >= 0.6 is 11.6 Å². The van der Waals surface area contributed by atoms with Gasteiger partial charge < -0.3 is 19.6 Å². The summed E-state index contributed by atoms with van der Waals surface area (Å²) in [6.07, 6.45) is 0.531. The fourth-order valence-electron chi connectivity index (χ4n) is 3.82. The lowest BCUT2D eigenvalue weighted by atomic mass is 9.95. The van der Waals surface area contributed by atoms with Crippen LogP contribution in [0.25, 0.3) is 22.0 Å². The molecule has 0 spiro atoms. The number of rotatable bonds is 4.